The zero-order valence-corrected chi connectivity index (χ0v) is 12.3. The van der Waals surface area contributed by atoms with Crippen molar-refractivity contribution in [1.82, 2.24) is 4.90 Å². The molecule has 5 fully saturated rings. The van der Waals surface area contributed by atoms with Crippen molar-refractivity contribution < 1.29 is 0 Å². The topological polar surface area (TPSA) is 29.3 Å². The van der Waals surface area contributed by atoms with Crippen LogP contribution in [0, 0.1) is 29.6 Å². The van der Waals surface area contributed by atoms with E-state index in [9.17, 15) is 0 Å². The molecule has 4 bridgehead atoms. The van der Waals surface area contributed by atoms with Crippen molar-refractivity contribution in [2.75, 3.05) is 19.6 Å². The van der Waals surface area contributed by atoms with Gasteiger partial charge in [-0.2, -0.15) is 0 Å². The minimum atomic E-state index is 0.445. The molecule has 4 saturated carbocycles. The number of nitrogens with zero attached hydrogens (tertiary/aromatic N) is 1. The summed E-state index contributed by atoms with van der Waals surface area (Å²) in [4.78, 5) is 2.60. The van der Waals surface area contributed by atoms with Crippen molar-refractivity contribution in [3.05, 3.63) is 0 Å². The first kappa shape index (κ1) is 12.6. The van der Waals surface area contributed by atoms with Crippen LogP contribution in [0.15, 0.2) is 0 Å². The van der Waals surface area contributed by atoms with Gasteiger partial charge in [0.2, 0.25) is 0 Å². The molecule has 1 aliphatic heterocycles. The fraction of sp³-hybridized carbons (Fsp3) is 1.00. The van der Waals surface area contributed by atoms with Gasteiger partial charge in [0, 0.05) is 12.6 Å². The van der Waals surface area contributed by atoms with Crippen LogP contribution in [-0.2, 0) is 0 Å². The summed E-state index contributed by atoms with van der Waals surface area (Å²) in [6, 6.07) is 0.445. The van der Waals surface area contributed by atoms with Gasteiger partial charge in [-0.05, 0) is 94.0 Å². The Kier molecular flexibility index (Phi) is 3.35. The summed E-state index contributed by atoms with van der Waals surface area (Å²) in [5.74, 6) is 5.31. The molecule has 2 heteroatoms. The van der Waals surface area contributed by atoms with Crippen LogP contribution in [-0.4, -0.2) is 30.6 Å². The lowest BCUT2D eigenvalue weighted by atomic mass is 9.51. The maximum Gasteiger partial charge on any atom is 0.0170 e. The Bertz CT molecular complexity index is 293. The van der Waals surface area contributed by atoms with E-state index in [1.807, 2.05) is 0 Å². The van der Waals surface area contributed by atoms with E-state index in [1.165, 1.54) is 38.9 Å². The first-order valence-electron chi connectivity index (χ1n) is 8.76. The summed E-state index contributed by atoms with van der Waals surface area (Å²) < 4.78 is 0. The van der Waals surface area contributed by atoms with E-state index in [-0.39, 0.29) is 0 Å². The van der Waals surface area contributed by atoms with Crippen molar-refractivity contribution in [2.45, 2.75) is 57.4 Å². The van der Waals surface area contributed by atoms with Crippen LogP contribution in [0.2, 0.25) is 0 Å². The van der Waals surface area contributed by atoms with Gasteiger partial charge in [0.25, 0.3) is 0 Å². The molecule has 1 heterocycles. The number of nitrogens with two attached hydrogens (primary N) is 1. The van der Waals surface area contributed by atoms with Gasteiger partial charge in [-0.1, -0.05) is 0 Å². The first-order chi connectivity index (χ1) is 9.28. The molecule has 1 atom stereocenters. The molecular formula is C17H30N2. The van der Waals surface area contributed by atoms with Crippen LogP contribution in [0.5, 0.6) is 0 Å². The highest BCUT2D eigenvalue weighted by atomic mass is 15.1. The Hall–Kier alpha value is -0.0800. The highest BCUT2D eigenvalue weighted by Crippen LogP contribution is 2.57. The Morgan fingerprint density at radius 1 is 0.895 bits per heavy atom. The van der Waals surface area contributed by atoms with Gasteiger partial charge in [-0.3, -0.25) is 0 Å². The molecule has 4 aliphatic carbocycles. The van der Waals surface area contributed by atoms with Crippen molar-refractivity contribution in [1.29, 1.82) is 0 Å². The van der Waals surface area contributed by atoms with Crippen LogP contribution in [0.1, 0.15) is 51.4 Å². The van der Waals surface area contributed by atoms with Crippen LogP contribution >= 0.6 is 0 Å². The van der Waals surface area contributed by atoms with Crippen LogP contribution in [0.25, 0.3) is 0 Å². The zero-order chi connectivity index (χ0) is 12.8. The molecule has 0 radical (unpaired) electrons. The first-order valence-corrected chi connectivity index (χ1v) is 8.76. The fourth-order valence-electron chi connectivity index (χ4n) is 6.14. The number of rotatable bonds is 4. The fourth-order valence-corrected chi connectivity index (χ4v) is 6.14. The lowest BCUT2D eigenvalue weighted by molar-refractivity contribution is -0.0427. The summed E-state index contributed by atoms with van der Waals surface area (Å²) in [6.07, 6.45) is 11.9. The molecule has 0 amide bonds. The standard InChI is InChI=1S/C17H30N2/c18-16(11-19-3-1-2-4-19)10-17-14-6-12-5-13(8-14)9-15(17)7-12/h12-17H,1-11,18H2. The largest absolute Gasteiger partial charge is 0.327 e. The second-order valence-electron chi connectivity index (χ2n) is 8.10. The summed E-state index contributed by atoms with van der Waals surface area (Å²) in [5.41, 5.74) is 6.49. The highest BCUT2D eigenvalue weighted by Gasteiger charge is 2.48. The molecule has 19 heavy (non-hydrogen) atoms. The minimum absolute atomic E-state index is 0.445. The van der Waals surface area contributed by atoms with Gasteiger partial charge < -0.3 is 10.6 Å². The maximum atomic E-state index is 6.49. The van der Waals surface area contributed by atoms with Crippen molar-refractivity contribution in [3.8, 4) is 0 Å². The third kappa shape index (κ3) is 2.47. The molecule has 5 aliphatic rings. The molecule has 2 nitrogen and oxygen atoms in total. The molecule has 0 aromatic rings. The average Bonchev–Trinajstić information content (AvgIpc) is 2.85. The lowest BCUT2D eigenvalue weighted by Gasteiger charge is -2.55. The van der Waals surface area contributed by atoms with Gasteiger partial charge in [0.1, 0.15) is 0 Å². The number of likely N-dealkylation sites (tertiary alicyclic amines) is 1. The van der Waals surface area contributed by atoms with Crippen molar-refractivity contribution in [2.24, 2.45) is 35.3 Å². The molecular weight excluding hydrogens is 232 g/mol. The molecule has 2 N–H and O–H groups in total. The van der Waals surface area contributed by atoms with Gasteiger partial charge in [0.15, 0.2) is 0 Å². The van der Waals surface area contributed by atoms with Gasteiger partial charge in [0.05, 0.1) is 0 Å². The maximum absolute atomic E-state index is 6.49. The molecule has 5 rings (SSSR count). The van der Waals surface area contributed by atoms with E-state index in [0.29, 0.717) is 6.04 Å². The normalized spacial score (nSPS) is 46.9. The molecule has 0 spiro atoms. The molecule has 1 saturated heterocycles. The van der Waals surface area contributed by atoms with E-state index < -0.39 is 0 Å². The van der Waals surface area contributed by atoms with Crippen molar-refractivity contribution in [3.63, 3.8) is 0 Å². The van der Waals surface area contributed by atoms with E-state index in [1.54, 1.807) is 32.1 Å². The molecule has 108 valence electrons. The second kappa shape index (κ2) is 5.04. The monoisotopic (exact) mass is 262 g/mol. The minimum Gasteiger partial charge on any atom is -0.327 e. The Labute approximate surface area is 118 Å². The van der Waals surface area contributed by atoms with Crippen LogP contribution in [0.3, 0.4) is 0 Å². The summed E-state index contributed by atoms with van der Waals surface area (Å²) >= 11 is 0. The molecule has 0 aromatic carbocycles. The summed E-state index contributed by atoms with van der Waals surface area (Å²) in [7, 11) is 0. The van der Waals surface area contributed by atoms with Gasteiger partial charge >= 0.3 is 0 Å². The summed E-state index contributed by atoms with van der Waals surface area (Å²) in [6.45, 7) is 3.77. The van der Waals surface area contributed by atoms with E-state index in [4.69, 9.17) is 5.73 Å². The second-order valence-corrected chi connectivity index (χ2v) is 8.10. The Morgan fingerprint density at radius 3 is 2.05 bits per heavy atom. The number of hydrogen-bond acceptors (Lipinski definition) is 2. The molecule has 1 unspecified atom stereocenters. The summed E-state index contributed by atoms with van der Waals surface area (Å²) in [5, 5.41) is 0. The molecule has 0 aromatic heterocycles. The highest BCUT2D eigenvalue weighted by molar-refractivity contribution is 4.99. The van der Waals surface area contributed by atoms with E-state index >= 15 is 0 Å². The zero-order valence-electron chi connectivity index (χ0n) is 12.3. The van der Waals surface area contributed by atoms with Crippen LogP contribution < -0.4 is 5.73 Å². The third-order valence-electron chi connectivity index (χ3n) is 6.69. The van der Waals surface area contributed by atoms with E-state index in [2.05, 4.69) is 4.90 Å². The van der Waals surface area contributed by atoms with Gasteiger partial charge in [-0.25, -0.2) is 0 Å². The lowest BCUT2D eigenvalue weighted by Crippen LogP contribution is -2.48. The van der Waals surface area contributed by atoms with Gasteiger partial charge in [-0.15, -0.1) is 0 Å². The Balaban J connectivity index is 1.34. The average molecular weight is 262 g/mol. The predicted octanol–water partition coefficient (Wildman–Crippen LogP) is 2.87. The van der Waals surface area contributed by atoms with E-state index in [0.717, 1.165) is 29.6 Å². The SMILES string of the molecule is NC(CC1C2CC3CC(C2)CC1C3)CN1CCCC1. The smallest absolute Gasteiger partial charge is 0.0170 e. The number of hydrogen-bond donors (Lipinski definition) is 1. The van der Waals surface area contributed by atoms with Crippen molar-refractivity contribution >= 4 is 0 Å². The predicted molar refractivity (Wildman–Crippen MR) is 78.8 cm³/mol. The van der Waals surface area contributed by atoms with Crippen LogP contribution in [0.4, 0.5) is 0 Å². The third-order valence-corrected chi connectivity index (χ3v) is 6.69. The Morgan fingerprint density at radius 2 is 1.47 bits per heavy atom. The quantitative estimate of drug-likeness (QED) is 0.844.